The summed E-state index contributed by atoms with van der Waals surface area (Å²) in [5.74, 6) is -0.398. The van der Waals surface area contributed by atoms with Crippen molar-refractivity contribution in [2.75, 3.05) is 13.4 Å². The maximum atomic E-state index is 12.9. The van der Waals surface area contributed by atoms with E-state index in [1.54, 1.807) is 6.07 Å². The Morgan fingerprint density at radius 1 is 1.14 bits per heavy atom. The molecule has 0 aliphatic heterocycles. The van der Waals surface area contributed by atoms with Gasteiger partial charge in [-0.1, -0.05) is 6.07 Å². The fraction of sp³-hybridized carbons (Fsp3) is 0.188. The molecule has 0 aromatic heterocycles. The highest BCUT2D eigenvalue weighted by atomic mass is 32.2. The normalized spacial score (nSPS) is 11.2. The van der Waals surface area contributed by atoms with Gasteiger partial charge in [-0.3, -0.25) is 4.79 Å². The Balaban J connectivity index is 2.30. The second kappa shape index (κ2) is 6.27. The molecule has 0 saturated heterocycles. The van der Waals surface area contributed by atoms with Gasteiger partial charge in [0.15, 0.2) is 15.6 Å². The van der Waals surface area contributed by atoms with Gasteiger partial charge in [-0.2, -0.15) is 0 Å². The van der Waals surface area contributed by atoms with E-state index in [4.69, 9.17) is 4.74 Å². The molecule has 0 aliphatic rings. The van der Waals surface area contributed by atoms with Crippen LogP contribution in [0.4, 0.5) is 4.39 Å². The summed E-state index contributed by atoms with van der Waals surface area (Å²) in [5.41, 5.74) is 0.925. The lowest BCUT2D eigenvalue weighted by atomic mass is 10.0. The Bertz CT molecular complexity index is 795. The first kappa shape index (κ1) is 16.2. The first-order valence-electron chi connectivity index (χ1n) is 6.47. The lowest BCUT2D eigenvalue weighted by Gasteiger charge is -2.09. The zero-order chi connectivity index (χ0) is 16.3. The van der Waals surface area contributed by atoms with E-state index in [1.807, 2.05) is 0 Å². The molecule has 0 N–H and O–H groups in total. The van der Waals surface area contributed by atoms with Crippen LogP contribution in [0, 0.1) is 5.82 Å². The van der Waals surface area contributed by atoms with Crippen LogP contribution >= 0.6 is 0 Å². The summed E-state index contributed by atoms with van der Waals surface area (Å²) in [6, 6.07) is 9.80. The Hall–Kier alpha value is -2.21. The van der Waals surface area contributed by atoms with Crippen LogP contribution in [0.1, 0.15) is 15.9 Å². The third kappa shape index (κ3) is 3.71. The van der Waals surface area contributed by atoms with Crippen LogP contribution in [0.2, 0.25) is 0 Å². The average molecular weight is 322 g/mol. The molecule has 0 unspecified atom stereocenters. The van der Waals surface area contributed by atoms with Gasteiger partial charge in [0.05, 0.1) is 7.11 Å². The van der Waals surface area contributed by atoms with E-state index in [0.717, 1.165) is 6.26 Å². The van der Waals surface area contributed by atoms with E-state index in [9.17, 15) is 17.6 Å². The maximum Gasteiger partial charge on any atom is 0.179 e. The fourth-order valence-electron chi connectivity index (χ4n) is 2.04. The molecule has 0 saturated carbocycles. The van der Waals surface area contributed by atoms with Crippen molar-refractivity contribution in [1.82, 2.24) is 0 Å². The second-order valence-electron chi connectivity index (χ2n) is 4.86. The average Bonchev–Trinajstić information content (AvgIpc) is 2.47. The number of ketones is 1. The molecular weight excluding hydrogens is 307 g/mol. The minimum absolute atomic E-state index is 0.0259. The predicted molar refractivity (Wildman–Crippen MR) is 80.5 cm³/mol. The predicted octanol–water partition coefficient (Wildman–Crippen LogP) is 2.66. The molecule has 0 radical (unpaired) electrons. The van der Waals surface area contributed by atoms with Crippen molar-refractivity contribution in [1.29, 1.82) is 0 Å². The number of sulfone groups is 1. The number of Topliss-reactive ketones (excluding diaryl/α,β-unsaturated/α-hetero) is 1. The van der Waals surface area contributed by atoms with Crippen LogP contribution in [0.3, 0.4) is 0 Å². The second-order valence-corrected chi connectivity index (χ2v) is 6.85. The van der Waals surface area contributed by atoms with Crippen LogP contribution in [-0.2, 0) is 16.3 Å². The molecule has 116 valence electrons. The fourth-order valence-corrected chi connectivity index (χ4v) is 2.93. The third-order valence-corrected chi connectivity index (χ3v) is 4.28. The minimum Gasteiger partial charge on any atom is -0.495 e. The lowest BCUT2D eigenvalue weighted by Crippen LogP contribution is -2.06. The zero-order valence-electron chi connectivity index (χ0n) is 12.2. The summed E-state index contributed by atoms with van der Waals surface area (Å²) in [7, 11) is -2.08. The molecule has 2 aromatic rings. The quantitative estimate of drug-likeness (QED) is 0.794. The molecule has 0 amide bonds. The molecule has 0 heterocycles. The molecule has 6 heteroatoms. The van der Waals surface area contributed by atoms with Gasteiger partial charge in [0.25, 0.3) is 0 Å². The van der Waals surface area contributed by atoms with E-state index in [2.05, 4.69) is 0 Å². The molecule has 4 nitrogen and oxygen atoms in total. The number of rotatable bonds is 5. The molecule has 0 spiro atoms. The largest absolute Gasteiger partial charge is 0.495 e. The van der Waals surface area contributed by atoms with Gasteiger partial charge in [-0.15, -0.1) is 0 Å². The first-order valence-corrected chi connectivity index (χ1v) is 8.36. The summed E-state index contributed by atoms with van der Waals surface area (Å²) < 4.78 is 41.4. The highest BCUT2D eigenvalue weighted by Gasteiger charge is 2.16. The van der Waals surface area contributed by atoms with E-state index in [0.29, 0.717) is 11.1 Å². The van der Waals surface area contributed by atoms with Crippen molar-refractivity contribution in [2.24, 2.45) is 0 Å². The van der Waals surface area contributed by atoms with Crippen molar-refractivity contribution >= 4 is 15.6 Å². The molecule has 0 bridgehead atoms. The van der Waals surface area contributed by atoms with Crippen molar-refractivity contribution in [3.8, 4) is 5.75 Å². The number of carbonyl (C=O) groups is 1. The van der Waals surface area contributed by atoms with E-state index < -0.39 is 15.7 Å². The summed E-state index contributed by atoms with van der Waals surface area (Å²) in [4.78, 5) is 12.2. The van der Waals surface area contributed by atoms with Gasteiger partial charge < -0.3 is 4.74 Å². The van der Waals surface area contributed by atoms with Gasteiger partial charge in [-0.05, 0) is 42.0 Å². The van der Waals surface area contributed by atoms with Gasteiger partial charge >= 0.3 is 0 Å². The molecule has 22 heavy (non-hydrogen) atoms. The van der Waals surface area contributed by atoms with E-state index >= 15 is 0 Å². The third-order valence-electron chi connectivity index (χ3n) is 3.16. The number of benzene rings is 2. The Kier molecular flexibility index (Phi) is 4.61. The molecule has 0 fully saturated rings. The summed E-state index contributed by atoms with van der Waals surface area (Å²) in [5, 5.41) is 0. The Morgan fingerprint density at radius 2 is 1.77 bits per heavy atom. The van der Waals surface area contributed by atoms with Crippen molar-refractivity contribution in [2.45, 2.75) is 11.3 Å². The topological polar surface area (TPSA) is 60.4 Å². The zero-order valence-corrected chi connectivity index (χ0v) is 13.0. The standard InChI is InChI=1S/C16H15FO4S/c1-21-15-8-3-11(10-16(15)22(2,19)20)9-14(18)12-4-6-13(17)7-5-12/h3-8,10H,9H2,1-2H3. The van der Waals surface area contributed by atoms with E-state index in [-0.39, 0.29) is 22.8 Å². The number of hydrogen-bond donors (Lipinski definition) is 0. The van der Waals surface area contributed by atoms with Gasteiger partial charge in [-0.25, -0.2) is 12.8 Å². The van der Waals surface area contributed by atoms with Gasteiger partial charge in [0, 0.05) is 18.2 Å². The number of methoxy groups -OCH3 is 1. The first-order chi connectivity index (χ1) is 10.3. The van der Waals surface area contributed by atoms with Crippen LogP contribution in [0.5, 0.6) is 5.75 Å². The number of halogens is 1. The summed E-state index contributed by atoms with van der Waals surface area (Å²) in [6.45, 7) is 0. The molecule has 0 atom stereocenters. The lowest BCUT2D eigenvalue weighted by molar-refractivity contribution is 0.0993. The van der Waals surface area contributed by atoms with Crippen LogP contribution in [-0.4, -0.2) is 27.6 Å². The van der Waals surface area contributed by atoms with Gasteiger partial charge in [0.2, 0.25) is 0 Å². The molecule has 2 rings (SSSR count). The summed E-state index contributed by atoms with van der Waals surface area (Å²) >= 11 is 0. The SMILES string of the molecule is COc1ccc(CC(=O)c2ccc(F)cc2)cc1S(C)(=O)=O. The minimum atomic E-state index is -3.46. The van der Waals surface area contributed by atoms with Crippen LogP contribution < -0.4 is 4.74 Å². The summed E-state index contributed by atoms with van der Waals surface area (Å²) in [6.07, 6.45) is 1.11. The van der Waals surface area contributed by atoms with Crippen molar-refractivity contribution in [3.05, 3.63) is 59.4 Å². The van der Waals surface area contributed by atoms with Crippen molar-refractivity contribution < 1.29 is 22.3 Å². The monoisotopic (exact) mass is 322 g/mol. The molecule has 0 aliphatic carbocycles. The highest BCUT2D eigenvalue weighted by Crippen LogP contribution is 2.25. The highest BCUT2D eigenvalue weighted by molar-refractivity contribution is 7.90. The number of ether oxygens (including phenoxy) is 1. The smallest absolute Gasteiger partial charge is 0.179 e. The number of carbonyl (C=O) groups excluding carboxylic acids is 1. The van der Waals surface area contributed by atoms with Gasteiger partial charge in [0.1, 0.15) is 16.5 Å². The maximum absolute atomic E-state index is 12.9. The Labute approximate surface area is 128 Å². The van der Waals surface area contributed by atoms with Crippen LogP contribution in [0.25, 0.3) is 0 Å². The number of hydrogen-bond acceptors (Lipinski definition) is 4. The van der Waals surface area contributed by atoms with Crippen LogP contribution in [0.15, 0.2) is 47.4 Å². The molecular formula is C16H15FO4S. The van der Waals surface area contributed by atoms with E-state index in [1.165, 1.54) is 43.5 Å². The molecule has 2 aromatic carbocycles. The van der Waals surface area contributed by atoms with Crippen molar-refractivity contribution in [3.63, 3.8) is 0 Å². The Morgan fingerprint density at radius 3 is 2.32 bits per heavy atom.